The molecule has 5 aliphatic carbocycles. The van der Waals surface area contributed by atoms with Crippen molar-refractivity contribution in [3.05, 3.63) is 387 Å². The van der Waals surface area contributed by atoms with Gasteiger partial charge in [-0.3, -0.25) is 24.0 Å². The summed E-state index contributed by atoms with van der Waals surface area (Å²) in [6.07, 6.45) is 4.45. The topological polar surface area (TPSA) is 146 Å². The fourth-order valence-electron chi connectivity index (χ4n) is 17.9. The van der Waals surface area contributed by atoms with Crippen LogP contribution in [0.4, 0.5) is 37.2 Å². The number of halogens is 3. The average Bonchev–Trinajstić information content (AvgIpc) is 1.63. The first-order valence-corrected chi connectivity index (χ1v) is 46.2. The predicted octanol–water partition coefficient (Wildman–Crippen LogP) is 30.4. The first-order chi connectivity index (χ1) is 62.2. The molecular formula is C117H118ClF2N5O5. The zero-order chi connectivity index (χ0) is 90.4. The highest BCUT2D eigenvalue weighted by Crippen LogP contribution is 2.53. The Labute approximate surface area is 769 Å². The molecule has 5 aliphatic rings. The molecule has 662 valence electrons. The van der Waals surface area contributed by atoms with E-state index in [1.54, 1.807) is 36.4 Å². The number of nitrogens with one attached hydrogen (secondary N) is 5. The summed E-state index contributed by atoms with van der Waals surface area (Å²) < 4.78 is 29.3. The lowest BCUT2D eigenvalue weighted by molar-refractivity contribution is -0.118. The predicted molar refractivity (Wildman–Crippen MR) is 536 cm³/mol. The molecule has 0 spiro atoms. The highest BCUT2D eigenvalue weighted by Gasteiger charge is 2.48. The molecule has 5 N–H and O–H groups in total. The number of amides is 5. The summed E-state index contributed by atoms with van der Waals surface area (Å²) in [6, 6.07) is 103. The lowest BCUT2D eigenvalue weighted by atomic mass is 9.98. The molecule has 0 saturated heterocycles. The molecule has 15 aromatic carbocycles. The second-order valence-electron chi connectivity index (χ2n) is 37.4. The quantitative estimate of drug-likeness (QED) is 0.0516. The van der Waals surface area contributed by atoms with Gasteiger partial charge in [-0.05, 0) is 252 Å². The minimum Gasteiger partial charge on any atom is -0.326 e. The van der Waals surface area contributed by atoms with Gasteiger partial charge in [0.15, 0.2) is 11.6 Å². The molecule has 130 heavy (non-hydrogen) atoms. The summed E-state index contributed by atoms with van der Waals surface area (Å²) in [7, 11) is 0. The van der Waals surface area contributed by atoms with Crippen molar-refractivity contribution in [1.82, 2.24) is 0 Å². The molecule has 5 amide bonds. The molecule has 10 atom stereocenters. The highest BCUT2D eigenvalue weighted by molar-refractivity contribution is 6.35. The molecule has 0 bridgehead atoms. The molecule has 5 fully saturated rings. The Kier molecular flexibility index (Phi) is 28.5. The molecule has 20 rings (SSSR count). The number of benzene rings is 15. The zero-order valence-electron chi connectivity index (χ0n) is 75.3. The van der Waals surface area contributed by atoms with Crippen molar-refractivity contribution >= 4 is 123 Å². The van der Waals surface area contributed by atoms with Gasteiger partial charge in [0, 0.05) is 67.8 Å². The number of carbonyl (C=O) groups is 5. The van der Waals surface area contributed by atoms with Crippen LogP contribution in [-0.4, -0.2) is 29.5 Å². The summed E-state index contributed by atoms with van der Waals surface area (Å²) in [5, 5.41) is 25.0. The van der Waals surface area contributed by atoms with Crippen molar-refractivity contribution in [3.63, 3.8) is 0 Å². The van der Waals surface area contributed by atoms with Crippen LogP contribution < -0.4 is 26.6 Å². The van der Waals surface area contributed by atoms with Crippen molar-refractivity contribution in [1.29, 1.82) is 0 Å². The molecule has 13 heteroatoms. The third-order valence-corrected chi connectivity index (χ3v) is 26.7. The van der Waals surface area contributed by atoms with Gasteiger partial charge in [0.2, 0.25) is 29.5 Å². The van der Waals surface area contributed by atoms with E-state index < -0.39 is 0 Å². The zero-order valence-corrected chi connectivity index (χ0v) is 76.1. The van der Waals surface area contributed by atoms with Crippen LogP contribution in [0.5, 0.6) is 0 Å². The number of hydrogen-bond acceptors (Lipinski definition) is 5. The smallest absolute Gasteiger partial charge is 0.228 e. The van der Waals surface area contributed by atoms with E-state index in [0.29, 0.717) is 63.1 Å². The van der Waals surface area contributed by atoms with Gasteiger partial charge in [-0.25, -0.2) is 8.78 Å². The number of rotatable bonds is 20. The van der Waals surface area contributed by atoms with E-state index in [-0.39, 0.29) is 101 Å². The number of fused-ring (bicyclic) bond motifs is 5. The molecule has 5 saturated carbocycles. The molecule has 0 aromatic heterocycles. The van der Waals surface area contributed by atoms with Crippen LogP contribution in [0.3, 0.4) is 0 Å². The molecular weight excluding hydrogens is 1630 g/mol. The summed E-state index contributed by atoms with van der Waals surface area (Å²) in [6.45, 7) is 24.0. The minimum absolute atomic E-state index is 0. The third kappa shape index (κ3) is 22.0. The molecule has 15 aromatic rings. The first-order valence-electron chi connectivity index (χ1n) is 45.8. The second-order valence-corrected chi connectivity index (χ2v) is 37.8. The van der Waals surface area contributed by atoms with Crippen molar-refractivity contribution in [2.45, 2.75) is 175 Å². The number of hydrogen-bond donors (Lipinski definition) is 5. The van der Waals surface area contributed by atoms with Crippen LogP contribution in [-0.2, 0) is 24.0 Å². The first kappa shape index (κ1) is 91.8. The van der Waals surface area contributed by atoms with E-state index in [9.17, 15) is 32.8 Å². The maximum Gasteiger partial charge on any atom is 0.228 e. The lowest BCUT2D eigenvalue weighted by Gasteiger charge is -2.10. The fraction of sp³-hybridized carbons (Fsp3) is 0.274. The molecule has 0 aliphatic heterocycles. The SMILES string of the molecule is C.CC(C)c1ccc([C@@H]2C[C@H]2C(=O)Nc2ccc3ccccc3c2F)cc1.CC(C)c1cccc([C@@H]2C[C@H]2C(=O)Nc2ccc3cccc(Cl)c3c2)c1.CC(C)c1cccc([C@@H]2C[C@H]2C(=O)Nc2ccc3ccccc3c2)c1.CC(C)c1cccc([C@@H]2C[C@H]2C(=O)Nc2ccc3ccccc3c2F)c1.Cc1cccc2ccc(NC(=O)[C@@H]3C[C@H]3c3cccc(C(C)C)c3)cc12. The Balaban J connectivity index is 0.000000124. The molecule has 0 unspecified atom stereocenters. The van der Waals surface area contributed by atoms with Crippen LogP contribution >= 0.6 is 11.6 Å². The minimum atomic E-state index is -0.366. The largest absolute Gasteiger partial charge is 0.326 e. The number of carbonyl (C=O) groups excluding carboxylic acids is 5. The summed E-state index contributed by atoms with van der Waals surface area (Å²) in [5.74, 6) is 3.53. The van der Waals surface area contributed by atoms with Crippen LogP contribution in [0.15, 0.2) is 309 Å². The summed E-state index contributed by atoms with van der Waals surface area (Å²) in [5.41, 5.74) is 17.2. The van der Waals surface area contributed by atoms with Crippen LogP contribution in [0.2, 0.25) is 5.02 Å². The normalized spacial score (nSPS) is 18.8. The van der Waals surface area contributed by atoms with Crippen molar-refractivity contribution in [3.8, 4) is 0 Å². The Morgan fingerprint density at radius 3 is 0.954 bits per heavy atom. The van der Waals surface area contributed by atoms with E-state index in [0.717, 1.165) is 76.1 Å². The van der Waals surface area contributed by atoms with Crippen LogP contribution in [0.1, 0.15) is 229 Å². The van der Waals surface area contributed by atoms with Gasteiger partial charge in [0.1, 0.15) is 0 Å². The van der Waals surface area contributed by atoms with E-state index in [1.807, 2.05) is 103 Å². The van der Waals surface area contributed by atoms with Crippen molar-refractivity contribution in [2.75, 3.05) is 26.6 Å². The third-order valence-electron chi connectivity index (χ3n) is 26.4. The van der Waals surface area contributed by atoms with Gasteiger partial charge >= 0.3 is 0 Å². The Hall–Kier alpha value is -12.9. The monoisotopic (exact) mass is 1750 g/mol. The highest BCUT2D eigenvalue weighted by atomic mass is 35.5. The molecule has 0 heterocycles. The van der Waals surface area contributed by atoms with Crippen LogP contribution in [0, 0.1) is 48.1 Å². The van der Waals surface area contributed by atoms with Gasteiger partial charge < -0.3 is 26.6 Å². The standard InChI is InChI=1S/C24H25NO.C23H22ClNO.2C23H22FNO.C23H23NO.CH4/c1-15(2)18-8-5-9-19(12-18)22-14-23(22)24(26)25-20-11-10-17-7-4-6-16(3)21(17)13-20;1-14(2)16-6-3-7-17(11-16)19-13-21(19)23(26)25-18-10-9-15-5-4-8-22(24)20(15)12-18;1-14(2)16-7-5-8-17(12-16)19-13-20(19)23(26)25-21-11-10-15-6-3-4-9-18(15)22(21)24;1-14(2)15-7-9-17(10-8-15)19-13-20(19)23(26)25-21-12-11-16-5-3-4-6-18(16)22(21)24;1-15(2)17-8-5-9-19(12-17)21-14-22(21)23(25)24-20-11-10-16-6-3-4-7-18(16)13-20;/h4-13,15,22-23H,14H2,1-3H3,(H,25,26);3-12,14,19,21H,13H2,1-2H3,(H,25,26);2*3-12,14,19-20H,13H2,1-2H3,(H,25,26);3-13,15,21-22H,14H2,1-2H3,(H,24,25);1H4/t22-,23+;19-,21+;2*19-,20+;21-,22+;/m00000./s1. The Morgan fingerprint density at radius 1 is 0.269 bits per heavy atom. The van der Waals surface area contributed by atoms with Gasteiger partial charge in [0.05, 0.1) is 11.4 Å². The van der Waals surface area contributed by atoms with E-state index >= 15 is 0 Å². The number of aryl methyl sites for hydroxylation is 1. The summed E-state index contributed by atoms with van der Waals surface area (Å²) >= 11 is 6.27. The van der Waals surface area contributed by atoms with Gasteiger partial charge in [0.25, 0.3) is 0 Å². The maximum atomic E-state index is 14.7. The van der Waals surface area contributed by atoms with Gasteiger partial charge in [-0.15, -0.1) is 0 Å². The van der Waals surface area contributed by atoms with E-state index in [2.05, 4.69) is 273 Å². The molecule has 0 radical (unpaired) electrons. The fourth-order valence-corrected chi connectivity index (χ4v) is 18.1. The van der Waals surface area contributed by atoms with Crippen molar-refractivity contribution < 1.29 is 32.8 Å². The maximum absolute atomic E-state index is 14.7. The van der Waals surface area contributed by atoms with E-state index in [4.69, 9.17) is 11.6 Å². The van der Waals surface area contributed by atoms with Crippen LogP contribution in [0.25, 0.3) is 53.9 Å². The summed E-state index contributed by atoms with van der Waals surface area (Å²) in [4.78, 5) is 63.1. The van der Waals surface area contributed by atoms with Crippen molar-refractivity contribution in [2.24, 2.45) is 29.6 Å². The average molecular weight is 1750 g/mol. The Morgan fingerprint density at radius 2 is 0.562 bits per heavy atom. The van der Waals surface area contributed by atoms with Gasteiger partial charge in [-0.2, -0.15) is 0 Å². The molecule has 10 nitrogen and oxygen atoms in total. The lowest BCUT2D eigenvalue weighted by Crippen LogP contribution is -2.15. The van der Waals surface area contributed by atoms with E-state index in [1.165, 1.54) is 77.4 Å². The second kappa shape index (κ2) is 40.4. The Bertz CT molecular complexity index is 6500. The number of anilines is 5. The van der Waals surface area contributed by atoms with Gasteiger partial charge in [-0.1, -0.05) is 343 Å².